The zero-order valence-corrected chi connectivity index (χ0v) is 15.0. The van der Waals surface area contributed by atoms with Gasteiger partial charge in [0.1, 0.15) is 11.6 Å². The van der Waals surface area contributed by atoms with Gasteiger partial charge in [0.05, 0.1) is 23.3 Å². The first-order chi connectivity index (χ1) is 12.3. The van der Waals surface area contributed by atoms with Gasteiger partial charge >= 0.3 is 0 Å². The molecule has 26 heavy (non-hydrogen) atoms. The highest BCUT2D eigenvalue weighted by atomic mass is 35.5. The van der Waals surface area contributed by atoms with Crippen LogP contribution < -0.4 is 5.32 Å². The van der Waals surface area contributed by atoms with E-state index in [0.29, 0.717) is 27.9 Å². The van der Waals surface area contributed by atoms with Crippen molar-refractivity contribution in [1.82, 2.24) is 15.3 Å². The summed E-state index contributed by atoms with van der Waals surface area (Å²) in [6.45, 7) is 3.75. The summed E-state index contributed by atoms with van der Waals surface area (Å²) in [7, 11) is 0. The van der Waals surface area contributed by atoms with E-state index in [-0.39, 0.29) is 29.1 Å². The Labute approximate surface area is 154 Å². The van der Waals surface area contributed by atoms with Gasteiger partial charge in [-0.3, -0.25) is 4.79 Å². The van der Waals surface area contributed by atoms with Crippen LogP contribution in [-0.4, -0.2) is 27.0 Å². The number of aromatic nitrogens is 2. The maximum atomic E-state index is 13.5. The second-order valence-corrected chi connectivity index (χ2v) is 6.67. The van der Waals surface area contributed by atoms with Crippen molar-refractivity contribution in [2.24, 2.45) is 0 Å². The lowest BCUT2D eigenvalue weighted by atomic mass is 10.0. The summed E-state index contributed by atoms with van der Waals surface area (Å²) < 4.78 is 13.5. The fourth-order valence-corrected chi connectivity index (χ4v) is 2.85. The van der Waals surface area contributed by atoms with Crippen molar-refractivity contribution in [1.29, 1.82) is 0 Å². The third-order valence-electron chi connectivity index (χ3n) is 3.73. The van der Waals surface area contributed by atoms with Crippen LogP contribution in [0.4, 0.5) is 4.39 Å². The van der Waals surface area contributed by atoms with Gasteiger partial charge in [0.2, 0.25) is 5.91 Å². The summed E-state index contributed by atoms with van der Waals surface area (Å²) in [4.78, 5) is 20.9. The molecule has 1 aromatic carbocycles. The van der Waals surface area contributed by atoms with E-state index in [1.807, 2.05) is 13.8 Å². The molecule has 0 aliphatic carbocycles. The molecule has 0 atom stereocenters. The number of benzene rings is 1. The van der Waals surface area contributed by atoms with E-state index in [9.17, 15) is 14.3 Å². The van der Waals surface area contributed by atoms with Crippen LogP contribution in [0, 0.1) is 5.82 Å². The molecule has 0 unspecified atom stereocenters. The topological polar surface area (TPSA) is 75.1 Å². The highest BCUT2D eigenvalue weighted by Gasteiger charge is 2.15. The number of carbonyl (C=O) groups is 1. The third kappa shape index (κ3) is 3.91. The lowest BCUT2D eigenvalue weighted by Crippen LogP contribution is -2.31. The molecule has 0 radical (unpaired) electrons. The minimum atomic E-state index is -0.529. The summed E-state index contributed by atoms with van der Waals surface area (Å²) in [6.07, 6.45) is 1.38. The molecule has 0 saturated heterocycles. The first kappa shape index (κ1) is 18.1. The second-order valence-electron chi connectivity index (χ2n) is 6.26. The van der Waals surface area contributed by atoms with Gasteiger partial charge in [-0.15, -0.1) is 0 Å². The lowest BCUT2D eigenvalue weighted by Gasteiger charge is -2.13. The molecule has 0 aliphatic rings. The van der Waals surface area contributed by atoms with Crippen LogP contribution in [0.5, 0.6) is 5.75 Å². The molecule has 0 bridgehead atoms. The highest BCUT2D eigenvalue weighted by molar-refractivity contribution is 6.31. The van der Waals surface area contributed by atoms with Crippen molar-refractivity contribution in [2.75, 3.05) is 0 Å². The van der Waals surface area contributed by atoms with Gasteiger partial charge in [-0.2, -0.15) is 0 Å². The zero-order chi connectivity index (χ0) is 18.8. The van der Waals surface area contributed by atoms with Crippen molar-refractivity contribution in [3.8, 4) is 17.0 Å². The Morgan fingerprint density at radius 1 is 1.31 bits per heavy atom. The van der Waals surface area contributed by atoms with E-state index in [2.05, 4.69) is 15.3 Å². The number of aromatic hydroxyl groups is 1. The molecular weight excluding hydrogens is 357 g/mol. The standard InChI is InChI=1S/C19H17ClFN3O2/c1-10(2)23-17(26)8-12-5-13-6-14(25)9-22-19(13)24-18(12)11-3-4-16(21)15(20)7-11/h3-7,9-10,25H,8H2,1-2H3,(H,23,26). The molecule has 7 heteroatoms. The fourth-order valence-electron chi connectivity index (χ4n) is 2.67. The monoisotopic (exact) mass is 373 g/mol. The van der Waals surface area contributed by atoms with Gasteiger partial charge in [-0.25, -0.2) is 14.4 Å². The molecule has 134 valence electrons. The van der Waals surface area contributed by atoms with Crippen molar-refractivity contribution >= 4 is 28.5 Å². The molecule has 3 aromatic rings. The smallest absolute Gasteiger partial charge is 0.224 e. The predicted molar refractivity (Wildman–Crippen MR) is 98.6 cm³/mol. The number of hydrogen-bond donors (Lipinski definition) is 2. The first-order valence-corrected chi connectivity index (χ1v) is 8.44. The Hall–Kier alpha value is -2.73. The summed E-state index contributed by atoms with van der Waals surface area (Å²) in [6, 6.07) is 7.56. The number of rotatable bonds is 4. The van der Waals surface area contributed by atoms with E-state index < -0.39 is 5.82 Å². The number of amides is 1. The van der Waals surface area contributed by atoms with Gasteiger partial charge in [0.15, 0.2) is 5.65 Å². The van der Waals surface area contributed by atoms with Gasteiger partial charge in [0, 0.05) is 17.0 Å². The highest BCUT2D eigenvalue weighted by Crippen LogP contribution is 2.29. The SMILES string of the molecule is CC(C)NC(=O)Cc1cc2cc(O)cnc2nc1-c1ccc(F)c(Cl)c1. The maximum Gasteiger partial charge on any atom is 0.224 e. The maximum absolute atomic E-state index is 13.5. The minimum absolute atomic E-state index is 0.00495. The zero-order valence-electron chi connectivity index (χ0n) is 14.3. The van der Waals surface area contributed by atoms with Gasteiger partial charge < -0.3 is 10.4 Å². The van der Waals surface area contributed by atoms with Crippen LogP contribution in [0.1, 0.15) is 19.4 Å². The Bertz CT molecular complexity index is 992. The van der Waals surface area contributed by atoms with Crippen molar-refractivity contribution in [3.05, 3.63) is 52.9 Å². The Morgan fingerprint density at radius 3 is 2.77 bits per heavy atom. The Kier molecular flexibility index (Phi) is 5.04. The summed E-state index contributed by atoms with van der Waals surface area (Å²) in [5, 5.41) is 13.1. The van der Waals surface area contributed by atoms with Gasteiger partial charge in [-0.1, -0.05) is 11.6 Å². The molecule has 0 aliphatic heterocycles. The van der Waals surface area contributed by atoms with Crippen LogP contribution in [-0.2, 0) is 11.2 Å². The molecule has 0 saturated carbocycles. The second kappa shape index (κ2) is 7.25. The van der Waals surface area contributed by atoms with Crippen LogP contribution >= 0.6 is 11.6 Å². The lowest BCUT2D eigenvalue weighted by molar-refractivity contribution is -0.120. The van der Waals surface area contributed by atoms with E-state index in [0.717, 1.165) is 0 Å². The van der Waals surface area contributed by atoms with E-state index >= 15 is 0 Å². The Morgan fingerprint density at radius 2 is 2.08 bits per heavy atom. The number of nitrogens with zero attached hydrogens (tertiary/aromatic N) is 2. The van der Waals surface area contributed by atoms with E-state index in [1.54, 1.807) is 12.1 Å². The number of carbonyl (C=O) groups excluding carboxylic acids is 1. The Balaban J connectivity index is 2.14. The van der Waals surface area contributed by atoms with E-state index in [4.69, 9.17) is 11.6 Å². The largest absolute Gasteiger partial charge is 0.506 e. The summed E-state index contributed by atoms with van der Waals surface area (Å²) in [5.74, 6) is -0.684. The number of nitrogens with one attached hydrogen (secondary N) is 1. The molecule has 2 N–H and O–H groups in total. The number of hydrogen-bond acceptors (Lipinski definition) is 4. The molecule has 3 rings (SSSR count). The van der Waals surface area contributed by atoms with Crippen LogP contribution in [0.25, 0.3) is 22.3 Å². The van der Waals surface area contributed by atoms with Crippen LogP contribution in [0.3, 0.4) is 0 Å². The number of halogens is 2. The summed E-state index contributed by atoms with van der Waals surface area (Å²) in [5.41, 5.74) is 2.12. The van der Waals surface area contributed by atoms with Gasteiger partial charge in [0.25, 0.3) is 0 Å². The molecular formula is C19H17ClFN3O2. The van der Waals surface area contributed by atoms with E-state index in [1.165, 1.54) is 24.4 Å². The molecule has 2 aromatic heterocycles. The number of fused-ring (bicyclic) bond motifs is 1. The molecule has 0 fully saturated rings. The van der Waals surface area contributed by atoms with Crippen LogP contribution in [0.2, 0.25) is 5.02 Å². The molecule has 5 nitrogen and oxygen atoms in total. The average Bonchev–Trinajstić information content (AvgIpc) is 2.56. The van der Waals surface area contributed by atoms with Crippen molar-refractivity contribution < 1.29 is 14.3 Å². The third-order valence-corrected chi connectivity index (χ3v) is 4.02. The molecule has 1 amide bonds. The number of pyridine rings is 2. The average molecular weight is 374 g/mol. The van der Waals surface area contributed by atoms with Crippen molar-refractivity contribution in [2.45, 2.75) is 26.3 Å². The molecule has 2 heterocycles. The normalized spacial score (nSPS) is 11.1. The quantitative estimate of drug-likeness (QED) is 0.728. The minimum Gasteiger partial charge on any atom is -0.506 e. The van der Waals surface area contributed by atoms with Crippen molar-refractivity contribution in [3.63, 3.8) is 0 Å². The predicted octanol–water partition coefficient (Wildman–Crippen LogP) is 3.86. The fraction of sp³-hybridized carbons (Fsp3) is 0.211. The van der Waals surface area contributed by atoms with Crippen LogP contribution in [0.15, 0.2) is 36.5 Å². The van der Waals surface area contributed by atoms with Gasteiger partial charge in [-0.05, 0) is 49.7 Å². The first-order valence-electron chi connectivity index (χ1n) is 8.07. The molecule has 0 spiro atoms. The summed E-state index contributed by atoms with van der Waals surface area (Å²) >= 11 is 5.90.